The zero-order valence-corrected chi connectivity index (χ0v) is 15.6. The number of carbonyl (C=O) groups is 2. The molecule has 0 unspecified atom stereocenters. The summed E-state index contributed by atoms with van der Waals surface area (Å²) in [6, 6.07) is 6.11. The van der Waals surface area contributed by atoms with E-state index in [0.29, 0.717) is 24.2 Å². The Hall–Kier alpha value is -2.70. The van der Waals surface area contributed by atoms with Crippen LogP contribution in [0, 0.1) is 11.2 Å². The lowest BCUT2D eigenvalue weighted by atomic mass is 9.82. The molecule has 2 aromatic rings. The second-order valence-corrected chi connectivity index (χ2v) is 6.99. The van der Waals surface area contributed by atoms with Crippen LogP contribution in [0.25, 0.3) is 5.69 Å². The SMILES string of the molecule is CCC(CC)(CNC(=O)c1nn(-c2cccc(F)c2)c2c1CCC2)C(=O)O. The van der Waals surface area contributed by atoms with Gasteiger partial charge < -0.3 is 10.4 Å². The standard InChI is InChI=1S/C20H24FN3O3/c1-3-20(4-2,19(26)27)12-22-18(25)17-15-9-6-10-16(15)24(23-17)14-8-5-7-13(21)11-14/h5,7-8,11H,3-4,6,9-10,12H2,1-2H3,(H,22,25)(H,26,27). The monoisotopic (exact) mass is 373 g/mol. The molecule has 0 bridgehead atoms. The highest BCUT2D eigenvalue weighted by Gasteiger charge is 2.36. The van der Waals surface area contributed by atoms with Crippen molar-refractivity contribution >= 4 is 11.9 Å². The third kappa shape index (κ3) is 3.46. The maximum absolute atomic E-state index is 13.6. The van der Waals surface area contributed by atoms with Crippen LogP contribution in [-0.2, 0) is 17.6 Å². The van der Waals surface area contributed by atoms with Crippen LogP contribution < -0.4 is 5.32 Å². The van der Waals surface area contributed by atoms with E-state index in [4.69, 9.17) is 0 Å². The van der Waals surface area contributed by atoms with Gasteiger partial charge in [0, 0.05) is 17.8 Å². The van der Waals surface area contributed by atoms with E-state index in [1.807, 2.05) is 0 Å². The number of hydrogen-bond donors (Lipinski definition) is 2. The van der Waals surface area contributed by atoms with Crippen molar-refractivity contribution in [2.75, 3.05) is 6.54 Å². The van der Waals surface area contributed by atoms with Crippen molar-refractivity contribution < 1.29 is 19.1 Å². The van der Waals surface area contributed by atoms with Gasteiger partial charge >= 0.3 is 5.97 Å². The molecule has 1 aromatic heterocycles. The van der Waals surface area contributed by atoms with E-state index in [0.717, 1.165) is 30.5 Å². The number of rotatable bonds is 7. The van der Waals surface area contributed by atoms with Gasteiger partial charge in [-0.2, -0.15) is 5.10 Å². The first kappa shape index (κ1) is 19.1. The summed E-state index contributed by atoms with van der Waals surface area (Å²) in [6.45, 7) is 3.66. The number of fused-ring (bicyclic) bond motifs is 1. The van der Waals surface area contributed by atoms with Gasteiger partial charge in [0.25, 0.3) is 5.91 Å². The van der Waals surface area contributed by atoms with E-state index < -0.39 is 11.4 Å². The van der Waals surface area contributed by atoms with Gasteiger partial charge in [0.2, 0.25) is 0 Å². The van der Waals surface area contributed by atoms with Crippen LogP contribution in [0.4, 0.5) is 4.39 Å². The predicted octanol–water partition coefficient (Wildman–Crippen LogP) is 3.12. The fraction of sp³-hybridized carbons (Fsp3) is 0.450. The molecule has 0 aliphatic heterocycles. The minimum absolute atomic E-state index is 0.0514. The van der Waals surface area contributed by atoms with Crippen molar-refractivity contribution in [2.24, 2.45) is 5.41 Å². The Morgan fingerprint density at radius 3 is 2.67 bits per heavy atom. The first-order valence-corrected chi connectivity index (χ1v) is 9.30. The number of carboxylic acid groups (broad SMARTS) is 1. The van der Waals surface area contributed by atoms with E-state index in [2.05, 4.69) is 10.4 Å². The van der Waals surface area contributed by atoms with Gasteiger partial charge in [0.15, 0.2) is 5.69 Å². The third-order valence-corrected chi connectivity index (χ3v) is 5.59. The summed E-state index contributed by atoms with van der Waals surface area (Å²) in [7, 11) is 0. The molecule has 27 heavy (non-hydrogen) atoms. The number of benzene rings is 1. The fourth-order valence-electron chi connectivity index (χ4n) is 3.65. The average molecular weight is 373 g/mol. The summed E-state index contributed by atoms with van der Waals surface area (Å²) >= 11 is 0. The molecule has 6 nitrogen and oxygen atoms in total. The second kappa shape index (κ2) is 7.50. The minimum Gasteiger partial charge on any atom is -0.481 e. The van der Waals surface area contributed by atoms with Crippen LogP contribution in [-0.4, -0.2) is 33.3 Å². The van der Waals surface area contributed by atoms with Crippen LogP contribution in [0.5, 0.6) is 0 Å². The smallest absolute Gasteiger partial charge is 0.311 e. The molecular formula is C20H24FN3O3. The van der Waals surface area contributed by atoms with Crippen molar-refractivity contribution in [1.82, 2.24) is 15.1 Å². The molecule has 1 aromatic carbocycles. The first-order chi connectivity index (χ1) is 12.9. The quantitative estimate of drug-likeness (QED) is 0.781. The maximum Gasteiger partial charge on any atom is 0.311 e. The lowest BCUT2D eigenvalue weighted by Gasteiger charge is -2.26. The van der Waals surface area contributed by atoms with E-state index in [-0.39, 0.29) is 18.3 Å². The molecule has 3 rings (SSSR count). The molecule has 0 fully saturated rings. The number of amides is 1. The second-order valence-electron chi connectivity index (χ2n) is 6.99. The van der Waals surface area contributed by atoms with Gasteiger partial charge in [0.05, 0.1) is 11.1 Å². The molecule has 0 radical (unpaired) electrons. The molecular weight excluding hydrogens is 349 g/mol. The molecule has 0 atom stereocenters. The Labute approximate surface area is 157 Å². The van der Waals surface area contributed by atoms with Crippen LogP contribution in [0.15, 0.2) is 24.3 Å². The molecule has 1 aliphatic carbocycles. The molecule has 1 aliphatic rings. The van der Waals surface area contributed by atoms with Crippen molar-refractivity contribution in [3.8, 4) is 5.69 Å². The Morgan fingerprint density at radius 1 is 1.30 bits per heavy atom. The zero-order chi connectivity index (χ0) is 19.6. The van der Waals surface area contributed by atoms with Crippen LogP contribution in [0.2, 0.25) is 0 Å². The third-order valence-electron chi connectivity index (χ3n) is 5.59. The summed E-state index contributed by atoms with van der Waals surface area (Å²) in [5.41, 5.74) is 1.68. The number of hydrogen-bond acceptors (Lipinski definition) is 3. The van der Waals surface area contributed by atoms with Crippen molar-refractivity contribution in [3.05, 3.63) is 47.0 Å². The number of nitrogens with zero attached hydrogens (tertiary/aromatic N) is 2. The summed E-state index contributed by atoms with van der Waals surface area (Å²) in [5, 5.41) is 16.7. The Morgan fingerprint density at radius 2 is 2.04 bits per heavy atom. The molecule has 0 spiro atoms. The number of aromatic nitrogens is 2. The Balaban J connectivity index is 1.88. The van der Waals surface area contributed by atoms with E-state index in [1.165, 1.54) is 12.1 Å². The molecule has 2 N–H and O–H groups in total. The van der Waals surface area contributed by atoms with Gasteiger partial charge in [-0.25, -0.2) is 9.07 Å². The topological polar surface area (TPSA) is 84.2 Å². The highest BCUT2D eigenvalue weighted by molar-refractivity contribution is 5.94. The van der Waals surface area contributed by atoms with Crippen LogP contribution in [0.3, 0.4) is 0 Å². The summed E-state index contributed by atoms with van der Waals surface area (Å²) in [6.07, 6.45) is 3.27. The highest BCUT2D eigenvalue weighted by Crippen LogP contribution is 2.29. The number of nitrogens with one attached hydrogen (secondary N) is 1. The Kier molecular flexibility index (Phi) is 5.30. The zero-order valence-electron chi connectivity index (χ0n) is 15.6. The van der Waals surface area contributed by atoms with E-state index in [9.17, 15) is 19.1 Å². The number of carboxylic acids is 1. The summed E-state index contributed by atoms with van der Waals surface area (Å²) in [5.74, 6) is -1.66. The van der Waals surface area contributed by atoms with Gasteiger partial charge in [-0.1, -0.05) is 19.9 Å². The number of halogens is 1. The molecule has 0 saturated heterocycles. The van der Waals surface area contributed by atoms with Gasteiger partial charge in [-0.3, -0.25) is 9.59 Å². The molecule has 7 heteroatoms. The average Bonchev–Trinajstić information content (AvgIpc) is 3.25. The van der Waals surface area contributed by atoms with Crippen LogP contribution in [0.1, 0.15) is 54.9 Å². The summed E-state index contributed by atoms with van der Waals surface area (Å²) < 4.78 is 15.2. The van der Waals surface area contributed by atoms with Crippen molar-refractivity contribution in [1.29, 1.82) is 0 Å². The highest BCUT2D eigenvalue weighted by atomic mass is 19.1. The number of aliphatic carboxylic acids is 1. The van der Waals surface area contributed by atoms with Crippen molar-refractivity contribution in [3.63, 3.8) is 0 Å². The molecule has 1 amide bonds. The van der Waals surface area contributed by atoms with Gasteiger partial charge in [-0.15, -0.1) is 0 Å². The van der Waals surface area contributed by atoms with Crippen LogP contribution >= 0.6 is 0 Å². The molecule has 144 valence electrons. The molecule has 0 saturated carbocycles. The minimum atomic E-state index is -0.982. The predicted molar refractivity (Wildman–Crippen MR) is 98.5 cm³/mol. The lowest BCUT2D eigenvalue weighted by molar-refractivity contribution is -0.149. The maximum atomic E-state index is 13.6. The fourth-order valence-corrected chi connectivity index (χ4v) is 3.65. The summed E-state index contributed by atoms with van der Waals surface area (Å²) in [4.78, 5) is 24.4. The Bertz CT molecular complexity index is 871. The van der Waals surface area contributed by atoms with Crippen molar-refractivity contribution in [2.45, 2.75) is 46.0 Å². The first-order valence-electron chi connectivity index (χ1n) is 9.30. The van der Waals surface area contributed by atoms with E-state index in [1.54, 1.807) is 30.7 Å². The lowest BCUT2D eigenvalue weighted by Crippen LogP contribution is -2.42. The largest absolute Gasteiger partial charge is 0.481 e. The normalized spacial score (nSPS) is 13.4. The van der Waals surface area contributed by atoms with Gasteiger partial charge in [-0.05, 0) is 50.3 Å². The molecule has 1 heterocycles. The van der Waals surface area contributed by atoms with Gasteiger partial charge in [0.1, 0.15) is 5.82 Å². The number of carbonyl (C=O) groups excluding carboxylic acids is 1. The van der Waals surface area contributed by atoms with E-state index >= 15 is 0 Å².